The van der Waals surface area contributed by atoms with Gasteiger partial charge in [0.05, 0.1) is 11.1 Å². The van der Waals surface area contributed by atoms with Gasteiger partial charge in [-0.3, -0.25) is 19.4 Å². The van der Waals surface area contributed by atoms with Crippen LogP contribution in [0.5, 0.6) is 0 Å². The molecule has 7 heteroatoms. The predicted molar refractivity (Wildman–Crippen MR) is 114 cm³/mol. The molecule has 1 saturated carbocycles. The summed E-state index contributed by atoms with van der Waals surface area (Å²) < 4.78 is 0. The molecular weight excluding hydrogens is 380 g/mol. The lowest BCUT2D eigenvalue weighted by molar-refractivity contribution is -0.136. The number of nitrogens with one attached hydrogen (secondary N) is 2. The van der Waals surface area contributed by atoms with E-state index in [2.05, 4.69) is 15.6 Å². The van der Waals surface area contributed by atoms with Gasteiger partial charge in [0.1, 0.15) is 5.54 Å². The highest BCUT2D eigenvalue weighted by molar-refractivity contribution is 5.98. The highest BCUT2D eigenvalue weighted by Gasteiger charge is 2.44. The third-order valence-corrected chi connectivity index (χ3v) is 6.49. The molecule has 4 rings (SSSR count). The Labute approximate surface area is 176 Å². The van der Waals surface area contributed by atoms with Crippen LogP contribution in [0.4, 0.5) is 0 Å². The van der Waals surface area contributed by atoms with Crippen molar-refractivity contribution in [3.8, 4) is 0 Å². The first kappa shape index (κ1) is 20.3. The molecule has 0 bridgehead atoms. The largest absolute Gasteiger partial charge is 0.357 e. The standard InChI is InChI=1S/C23H28N4O3/c1-24-22(30)23(26-20(28)16-6-2-3-7-16)10-12-27(13-11-23)21(29)18-14-17-8-4-5-9-19(17)25-15-18/h4-5,8-9,14-16H,2-3,6-7,10-13H2,1H3,(H,24,30)(H,26,28). The molecule has 2 aromatic rings. The molecule has 2 fully saturated rings. The smallest absolute Gasteiger partial charge is 0.255 e. The number of hydrogen-bond donors (Lipinski definition) is 2. The number of carbonyl (C=O) groups excluding carboxylic acids is 3. The Morgan fingerprint density at radius 2 is 1.80 bits per heavy atom. The zero-order chi connectivity index (χ0) is 21.1. The number of likely N-dealkylation sites (N-methyl/N-ethyl adjacent to an activating group) is 1. The van der Waals surface area contributed by atoms with Crippen molar-refractivity contribution in [3.05, 3.63) is 42.1 Å². The lowest BCUT2D eigenvalue weighted by atomic mass is 9.85. The lowest BCUT2D eigenvalue weighted by Crippen LogP contribution is -2.64. The van der Waals surface area contributed by atoms with Crippen LogP contribution < -0.4 is 10.6 Å². The number of aromatic nitrogens is 1. The monoisotopic (exact) mass is 408 g/mol. The highest BCUT2D eigenvalue weighted by Crippen LogP contribution is 2.29. The van der Waals surface area contributed by atoms with Gasteiger partial charge in [-0.25, -0.2) is 0 Å². The molecule has 0 unspecified atom stereocenters. The van der Waals surface area contributed by atoms with Crippen LogP contribution in [0, 0.1) is 5.92 Å². The van der Waals surface area contributed by atoms with Gasteiger partial charge in [-0.15, -0.1) is 0 Å². The van der Waals surface area contributed by atoms with Gasteiger partial charge in [0.2, 0.25) is 11.8 Å². The summed E-state index contributed by atoms with van der Waals surface area (Å²) in [6.07, 6.45) is 6.30. The maximum Gasteiger partial charge on any atom is 0.255 e. The van der Waals surface area contributed by atoms with Crippen LogP contribution in [0.2, 0.25) is 0 Å². The van der Waals surface area contributed by atoms with Crippen LogP contribution in [-0.4, -0.2) is 53.3 Å². The van der Waals surface area contributed by atoms with Crippen molar-refractivity contribution < 1.29 is 14.4 Å². The Morgan fingerprint density at radius 3 is 2.50 bits per heavy atom. The zero-order valence-corrected chi connectivity index (χ0v) is 17.3. The number of rotatable bonds is 4. The second-order valence-electron chi connectivity index (χ2n) is 8.34. The van der Waals surface area contributed by atoms with Crippen molar-refractivity contribution >= 4 is 28.6 Å². The number of piperidine rings is 1. The number of nitrogens with zero attached hydrogens (tertiary/aromatic N) is 2. The molecule has 158 valence electrons. The Hall–Kier alpha value is -2.96. The van der Waals surface area contributed by atoms with Crippen LogP contribution in [0.3, 0.4) is 0 Å². The van der Waals surface area contributed by atoms with Crippen LogP contribution in [0.15, 0.2) is 36.5 Å². The average molecular weight is 409 g/mol. The summed E-state index contributed by atoms with van der Waals surface area (Å²) in [6.45, 7) is 0.814. The first-order chi connectivity index (χ1) is 14.5. The van der Waals surface area contributed by atoms with E-state index in [1.54, 1.807) is 18.1 Å². The SMILES string of the molecule is CNC(=O)C1(NC(=O)C2CCCC2)CCN(C(=O)c2cnc3ccccc3c2)CC1. The van der Waals surface area contributed by atoms with Crippen LogP contribution in [-0.2, 0) is 9.59 Å². The molecule has 2 aliphatic rings. The molecule has 3 amide bonds. The first-order valence-corrected chi connectivity index (χ1v) is 10.7. The van der Waals surface area contributed by atoms with E-state index in [-0.39, 0.29) is 23.6 Å². The Morgan fingerprint density at radius 1 is 1.10 bits per heavy atom. The van der Waals surface area contributed by atoms with Crippen LogP contribution in [0.25, 0.3) is 10.9 Å². The molecule has 0 atom stereocenters. The third-order valence-electron chi connectivity index (χ3n) is 6.49. The number of carbonyl (C=O) groups is 3. The quantitative estimate of drug-likeness (QED) is 0.812. The van der Waals surface area contributed by atoms with Gasteiger partial charge in [-0.05, 0) is 37.8 Å². The van der Waals surface area contributed by atoms with E-state index < -0.39 is 5.54 Å². The van der Waals surface area contributed by atoms with Gasteiger partial charge < -0.3 is 15.5 Å². The van der Waals surface area contributed by atoms with Crippen molar-refractivity contribution in [1.82, 2.24) is 20.5 Å². The minimum absolute atomic E-state index is 0.00475. The molecule has 0 spiro atoms. The molecule has 2 N–H and O–H groups in total. The van der Waals surface area contributed by atoms with Gasteiger partial charge in [-0.1, -0.05) is 31.0 Å². The second-order valence-corrected chi connectivity index (χ2v) is 8.34. The van der Waals surface area contributed by atoms with Gasteiger partial charge in [-0.2, -0.15) is 0 Å². The third kappa shape index (κ3) is 3.88. The molecule has 30 heavy (non-hydrogen) atoms. The maximum absolute atomic E-state index is 13.0. The minimum Gasteiger partial charge on any atom is -0.357 e. The first-order valence-electron chi connectivity index (χ1n) is 10.7. The van der Waals surface area contributed by atoms with Crippen molar-refractivity contribution in [2.24, 2.45) is 5.92 Å². The number of benzene rings is 1. The number of para-hydroxylation sites is 1. The number of fused-ring (bicyclic) bond motifs is 1. The van der Waals surface area contributed by atoms with E-state index in [0.29, 0.717) is 31.5 Å². The Bertz CT molecular complexity index is 960. The molecule has 7 nitrogen and oxygen atoms in total. The zero-order valence-electron chi connectivity index (χ0n) is 17.3. The lowest BCUT2D eigenvalue weighted by Gasteiger charge is -2.41. The van der Waals surface area contributed by atoms with Crippen molar-refractivity contribution in [2.45, 2.75) is 44.1 Å². The minimum atomic E-state index is -0.952. The molecular formula is C23H28N4O3. The Kier molecular flexibility index (Phi) is 5.70. The van der Waals surface area contributed by atoms with E-state index in [1.807, 2.05) is 30.3 Å². The Balaban J connectivity index is 1.46. The van der Waals surface area contributed by atoms with Crippen LogP contribution >= 0.6 is 0 Å². The van der Waals surface area contributed by atoms with Gasteiger partial charge >= 0.3 is 0 Å². The summed E-state index contributed by atoms with van der Waals surface area (Å²) in [5, 5.41) is 6.67. The molecule has 1 saturated heterocycles. The highest BCUT2D eigenvalue weighted by atomic mass is 16.2. The average Bonchev–Trinajstić information content (AvgIpc) is 3.33. The number of amides is 3. The fraction of sp³-hybridized carbons (Fsp3) is 0.478. The van der Waals surface area contributed by atoms with E-state index in [4.69, 9.17) is 0 Å². The summed E-state index contributed by atoms with van der Waals surface area (Å²) in [4.78, 5) is 44.6. The van der Waals surface area contributed by atoms with Gasteiger partial charge in [0.25, 0.3) is 5.91 Å². The van der Waals surface area contributed by atoms with E-state index in [0.717, 1.165) is 36.6 Å². The molecule has 1 aliphatic heterocycles. The van der Waals surface area contributed by atoms with Crippen molar-refractivity contribution in [2.75, 3.05) is 20.1 Å². The van der Waals surface area contributed by atoms with Gasteiger partial charge in [0.15, 0.2) is 0 Å². The molecule has 1 aliphatic carbocycles. The summed E-state index contributed by atoms with van der Waals surface area (Å²) in [6, 6.07) is 9.54. The fourth-order valence-corrected chi connectivity index (χ4v) is 4.64. The molecule has 2 heterocycles. The van der Waals surface area contributed by atoms with Gasteiger partial charge in [0, 0.05) is 37.6 Å². The number of hydrogen-bond acceptors (Lipinski definition) is 4. The van der Waals surface area contributed by atoms with Crippen LogP contribution in [0.1, 0.15) is 48.9 Å². The number of likely N-dealkylation sites (tertiary alicyclic amines) is 1. The normalized spacial score (nSPS) is 18.9. The topological polar surface area (TPSA) is 91.4 Å². The number of pyridine rings is 1. The summed E-state index contributed by atoms with van der Waals surface area (Å²) in [7, 11) is 1.59. The van der Waals surface area contributed by atoms with E-state index in [9.17, 15) is 14.4 Å². The molecule has 0 radical (unpaired) electrons. The summed E-state index contributed by atoms with van der Waals surface area (Å²) >= 11 is 0. The predicted octanol–water partition coefficient (Wildman–Crippen LogP) is 2.26. The summed E-state index contributed by atoms with van der Waals surface area (Å²) in [5.41, 5.74) is 0.435. The molecule has 1 aromatic carbocycles. The summed E-state index contributed by atoms with van der Waals surface area (Å²) in [5.74, 6) is -0.321. The second kappa shape index (κ2) is 8.42. The molecule has 1 aromatic heterocycles. The fourth-order valence-electron chi connectivity index (χ4n) is 4.64. The van der Waals surface area contributed by atoms with Crippen molar-refractivity contribution in [3.63, 3.8) is 0 Å². The maximum atomic E-state index is 13.0. The van der Waals surface area contributed by atoms with E-state index in [1.165, 1.54) is 0 Å². The van der Waals surface area contributed by atoms with Crippen molar-refractivity contribution in [1.29, 1.82) is 0 Å². The van der Waals surface area contributed by atoms with E-state index >= 15 is 0 Å².